The Labute approximate surface area is 205 Å². The molecule has 0 spiro atoms. The zero-order chi connectivity index (χ0) is 23.8. The van der Waals surface area contributed by atoms with Crippen LogP contribution in [0.4, 0.5) is 10.2 Å². The summed E-state index contributed by atoms with van der Waals surface area (Å²) in [6.45, 7) is 4.62. The van der Waals surface area contributed by atoms with Crippen LogP contribution in [0, 0.1) is 12.7 Å². The Morgan fingerprint density at radius 3 is 2.46 bits per heavy atom. The van der Waals surface area contributed by atoms with Crippen molar-refractivity contribution in [2.75, 3.05) is 11.4 Å². The minimum atomic E-state index is -0.199. The zero-order valence-corrected chi connectivity index (χ0v) is 19.9. The van der Waals surface area contributed by atoms with Gasteiger partial charge in [-0.2, -0.15) is 0 Å². The molecule has 3 heterocycles. The van der Waals surface area contributed by atoms with Gasteiger partial charge in [0.15, 0.2) is 0 Å². The maximum Gasteiger partial charge on any atom is 0.138 e. The fourth-order valence-electron chi connectivity index (χ4n) is 5.43. The van der Waals surface area contributed by atoms with Crippen molar-refractivity contribution in [2.24, 2.45) is 0 Å². The summed E-state index contributed by atoms with van der Waals surface area (Å²) in [6, 6.07) is 28.3. The van der Waals surface area contributed by atoms with Crippen molar-refractivity contribution >= 4 is 16.7 Å². The van der Waals surface area contributed by atoms with Crippen molar-refractivity contribution in [1.82, 2.24) is 9.55 Å². The monoisotopic (exact) mass is 461 g/mol. The normalized spacial score (nSPS) is 13.3. The predicted octanol–water partition coefficient (Wildman–Crippen LogP) is 6.69. The topological polar surface area (TPSA) is 21.1 Å². The van der Waals surface area contributed by atoms with Gasteiger partial charge in [0.05, 0.1) is 5.52 Å². The molecule has 0 saturated heterocycles. The first kappa shape index (κ1) is 21.6. The average molecular weight is 462 g/mol. The van der Waals surface area contributed by atoms with Crippen LogP contribution < -0.4 is 4.90 Å². The summed E-state index contributed by atoms with van der Waals surface area (Å²) < 4.78 is 16.3. The molecule has 174 valence electrons. The molecule has 6 rings (SSSR count). The van der Waals surface area contributed by atoms with Crippen LogP contribution in [0.3, 0.4) is 0 Å². The molecule has 1 aliphatic rings. The summed E-state index contributed by atoms with van der Waals surface area (Å²) in [4.78, 5) is 7.36. The van der Waals surface area contributed by atoms with E-state index in [0.717, 1.165) is 42.8 Å². The fourth-order valence-corrected chi connectivity index (χ4v) is 5.43. The molecule has 3 aromatic carbocycles. The number of pyridine rings is 1. The largest absolute Gasteiger partial charge is 0.351 e. The molecule has 4 heteroatoms. The first-order valence-corrected chi connectivity index (χ1v) is 12.2. The van der Waals surface area contributed by atoms with Crippen molar-refractivity contribution in [1.29, 1.82) is 0 Å². The quantitative estimate of drug-likeness (QED) is 0.291. The molecule has 5 aromatic rings. The van der Waals surface area contributed by atoms with Gasteiger partial charge in [-0.15, -0.1) is 0 Å². The Morgan fingerprint density at radius 1 is 0.857 bits per heavy atom. The molecule has 2 aromatic heterocycles. The van der Waals surface area contributed by atoms with Crippen LogP contribution in [0.15, 0.2) is 91.1 Å². The molecule has 0 N–H and O–H groups in total. The molecule has 35 heavy (non-hydrogen) atoms. The predicted molar refractivity (Wildman–Crippen MR) is 140 cm³/mol. The smallest absolute Gasteiger partial charge is 0.138 e. The van der Waals surface area contributed by atoms with Crippen LogP contribution in [0.1, 0.15) is 33.5 Å². The van der Waals surface area contributed by atoms with E-state index in [1.54, 1.807) is 12.1 Å². The number of rotatable bonds is 5. The maximum absolute atomic E-state index is 14.0. The summed E-state index contributed by atoms with van der Waals surface area (Å²) >= 11 is 0. The van der Waals surface area contributed by atoms with E-state index in [9.17, 15) is 4.39 Å². The molecule has 0 amide bonds. The fraction of sp³-hybridized carbons (Fsp3) is 0.194. The molecule has 0 radical (unpaired) electrons. The lowest BCUT2D eigenvalue weighted by atomic mass is 9.98. The Hall–Kier alpha value is -3.92. The lowest BCUT2D eigenvalue weighted by Gasteiger charge is -2.30. The van der Waals surface area contributed by atoms with E-state index < -0.39 is 0 Å². The van der Waals surface area contributed by atoms with Crippen LogP contribution in [0.25, 0.3) is 10.9 Å². The third kappa shape index (κ3) is 4.10. The third-order valence-electron chi connectivity index (χ3n) is 7.23. The van der Waals surface area contributed by atoms with E-state index in [2.05, 4.69) is 77.1 Å². The molecular formula is C31H28FN3. The summed E-state index contributed by atoms with van der Waals surface area (Å²) in [5.41, 5.74) is 8.70. The second-order valence-electron chi connectivity index (χ2n) is 9.41. The summed E-state index contributed by atoms with van der Waals surface area (Å²) in [6.07, 6.45) is 3.78. The van der Waals surface area contributed by atoms with E-state index in [0.29, 0.717) is 6.54 Å². The van der Waals surface area contributed by atoms with Crippen LogP contribution in [-0.4, -0.2) is 16.1 Å². The highest BCUT2D eigenvalue weighted by Gasteiger charge is 2.24. The zero-order valence-electron chi connectivity index (χ0n) is 19.9. The van der Waals surface area contributed by atoms with E-state index in [4.69, 9.17) is 4.98 Å². The molecule has 0 fully saturated rings. The summed E-state index contributed by atoms with van der Waals surface area (Å²) in [5, 5.41) is 1.21. The van der Waals surface area contributed by atoms with E-state index in [1.807, 2.05) is 12.3 Å². The summed E-state index contributed by atoms with van der Waals surface area (Å²) in [7, 11) is 0. The highest BCUT2D eigenvalue weighted by atomic mass is 19.1. The van der Waals surface area contributed by atoms with Gasteiger partial charge in [0.1, 0.15) is 11.6 Å². The molecule has 3 nitrogen and oxygen atoms in total. The van der Waals surface area contributed by atoms with Crippen molar-refractivity contribution in [3.8, 4) is 0 Å². The Bertz CT molecular complexity index is 1500. The molecule has 0 atom stereocenters. The van der Waals surface area contributed by atoms with Gasteiger partial charge in [0.25, 0.3) is 0 Å². The second kappa shape index (κ2) is 9.03. The van der Waals surface area contributed by atoms with Crippen molar-refractivity contribution in [2.45, 2.75) is 32.9 Å². The molecule has 0 unspecified atom stereocenters. The van der Waals surface area contributed by atoms with Gasteiger partial charge in [-0.1, -0.05) is 66.7 Å². The van der Waals surface area contributed by atoms with Gasteiger partial charge < -0.3 is 9.47 Å². The van der Waals surface area contributed by atoms with Gasteiger partial charge in [0, 0.05) is 36.9 Å². The van der Waals surface area contributed by atoms with Gasteiger partial charge in [-0.25, -0.2) is 9.37 Å². The lowest BCUT2D eigenvalue weighted by molar-refractivity contribution is 0.623. The molecule has 0 bridgehead atoms. The van der Waals surface area contributed by atoms with Crippen LogP contribution in [0.5, 0.6) is 0 Å². The number of hydrogen-bond acceptors (Lipinski definition) is 2. The number of halogens is 1. The number of benzene rings is 3. The Kier molecular flexibility index (Phi) is 5.57. The number of anilines is 1. The number of aromatic nitrogens is 2. The molecule has 1 aliphatic heterocycles. The van der Waals surface area contributed by atoms with Crippen LogP contribution in [0.2, 0.25) is 0 Å². The summed E-state index contributed by atoms with van der Waals surface area (Å²) in [5.74, 6) is 0.847. The van der Waals surface area contributed by atoms with Gasteiger partial charge >= 0.3 is 0 Å². The van der Waals surface area contributed by atoms with E-state index >= 15 is 0 Å². The van der Waals surface area contributed by atoms with Crippen LogP contribution >= 0.6 is 0 Å². The maximum atomic E-state index is 14.0. The first-order valence-electron chi connectivity index (χ1n) is 12.2. The lowest BCUT2D eigenvalue weighted by Crippen LogP contribution is -2.31. The standard InChI is InChI=1S/C31H28FN3/c1-22-28(19-23-8-3-2-4-9-23)30-29(35(22)20-24-10-7-13-27(32)18-24)14-16-33-31(30)34-17-15-25-11-5-6-12-26(25)21-34/h2-14,16,18H,15,17,19-21H2,1H3. The Morgan fingerprint density at radius 2 is 1.63 bits per heavy atom. The average Bonchev–Trinajstić information content (AvgIpc) is 3.15. The number of nitrogens with zero attached hydrogens (tertiary/aromatic N) is 3. The highest BCUT2D eigenvalue weighted by molar-refractivity contribution is 5.95. The minimum Gasteiger partial charge on any atom is -0.351 e. The van der Waals surface area contributed by atoms with E-state index in [-0.39, 0.29) is 5.82 Å². The third-order valence-corrected chi connectivity index (χ3v) is 7.23. The van der Waals surface area contributed by atoms with Gasteiger partial charge in [0.2, 0.25) is 0 Å². The Balaban J connectivity index is 1.50. The number of fused-ring (bicyclic) bond motifs is 2. The molecular weight excluding hydrogens is 433 g/mol. The van der Waals surface area contributed by atoms with Gasteiger partial charge in [-0.3, -0.25) is 0 Å². The second-order valence-corrected chi connectivity index (χ2v) is 9.41. The van der Waals surface area contributed by atoms with Gasteiger partial charge in [-0.05, 0) is 65.8 Å². The van der Waals surface area contributed by atoms with Crippen LogP contribution in [-0.2, 0) is 25.9 Å². The van der Waals surface area contributed by atoms with Crippen molar-refractivity contribution in [3.05, 3.63) is 130 Å². The molecule has 0 aliphatic carbocycles. The van der Waals surface area contributed by atoms with Crippen molar-refractivity contribution < 1.29 is 4.39 Å². The minimum absolute atomic E-state index is 0.199. The molecule has 0 saturated carbocycles. The SMILES string of the molecule is Cc1c(Cc2ccccc2)c2c(N3CCc4ccccc4C3)nccc2n1Cc1cccc(F)c1. The number of hydrogen-bond donors (Lipinski definition) is 0. The van der Waals surface area contributed by atoms with Crippen molar-refractivity contribution in [3.63, 3.8) is 0 Å². The van der Waals surface area contributed by atoms with E-state index in [1.165, 1.54) is 39.4 Å². The highest BCUT2D eigenvalue weighted by Crippen LogP contribution is 2.36. The first-order chi connectivity index (χ1) is 17.2.